The minimum absolute atomic E-state index is 0.0118. The van der Waals surface area contributed by atoms with E-state index in [1.165, 1.54) is 0 Å². The fourth-order valence-electron chi connectivity index (χ4n) is 2.76. The highest BCUT2D eigenvalue weighted by Gasteiger charge is 2.13. The van der Waals surface area contributed by atoms with Gasteiger partial charge in [0.05, 0.1) is 7.11 Å². The highest BCUT2D eigenvalue weighted by Crippen LogP contribution is 2.27. The summed E-state index contributed by atoms with van der Waals surface area (Å²) in [6, 6.07) is 11.1. The van der Waals surface area contributed by atoms with E-state index >= 15 is 0 Å². The number of aromatic nitrogens is 3. The van der Waals surface area contributed by atoms with Gasteiger partial charge in [0, 0.05) is 49.9 Å². The number of carbonyl (C=O) groups excluding carboxylic acids is 1. The maximum Gasteiger partial charge on any atom is 0.253 e. The maximum atomic E-state index is 12.6. The lowest BCUT2D eigenvalue weighted by atomic mass is 10.1. The minimum atomic E-state index is -0.0118. The number of benzene rings is 1. The average Bonchev–Trinajstić information content (AvgIpc) is 3.10. The molecule has 0 aliphatic heterocycles. The lowest BCUT2D eigenvalue weighted by Gasteiger charge is -2.18. The Bertz CT molecular complexity index is 887. The van der Waals surface area contributed by atoms with Gasteiger partial charge in [-0.25, -0.2) is 4.98 Å². The summed E-state index contributed by atoms with van der Waals surface area (Å²) in [6.45, 7) is 3.29. The van der Waals surface area contributed by atoms with E-state index in [0.29, 0.717) is 17.9 Å². The van der Waals surface area contributed by atoms with Gasteiger partial charge in [-0.3, -0.25) is 9.78 Å². The zero-order valence-electron chi connectivity index (χ0n) is 15.2. The molecule has 134 valence electrons. The summed E-state index contributed by atoms with van der Waals surface area (Å²) in [7, 11) is 3.43. The number of methoxy groups -OCH3 is 1. The monoisotopic (exact) mass is 350 g/mol. The van der Waals surface area contributed by atoms with E-state index < -0.39 is 0 Å². The third-order valence-corrected chi connectivity index (χ3v) is 4.34. The maximum absolute atomic E-state index is 12.6. The summed E-state index contributed by atoms with van der Waals surface area (Å²) in [6.07, 6.45) is 5.41. The first-order valence-electron chi connectivity index (χ1n) is 8.43. The van der Waals surface area contributed by atoms with Crippen LogP contribution in [0.4, 0.5) is 0 Å². The number of pyridine rings is 1. The number of amides is 1. The van der Waals surface area contributed by atoms with Gasteiger partial charge in [-0.1, -0.05) is 12.1 Å². The number of likely N-dealkylation sites (N-methyl/N-ethyl adjacent to an activating group) is 1. The van der Waals surface area contributed by atoms with Gasteiger partial charge in [0.15, 0.2) is 0 Å². The lowest BCUT2D eigenvalue weighted by molar-refractivity contribution is 0.0790. The van der Waals surface area contributed by atoms with Crippen molar-refractivity contribution in [3.05, 3.63) is 66.4 Å². The van der Waals surface area contributed by atoms with Crippen LogP contribution in [-0.2, 0) is 6.54 Å². The first kappa shape index (κ1) is 17.7. The number of imidazole rings is 1. The molecular weight excluding hydrogens is 328 g/mol. The number of hydrogen-bond acceptors (Lipinski definition) is 4. The second kappa shape index (κ2) is 7.82. The quantitative estimate of drug-likeness (QED) is 0.686. The molecule has 2 aromatic heterocycles. The fraction of sp³-hybridized carbons (Fsp3) is 0.250. The van der Waals surface area contributed by atoms with Crippen molar-refractivity contribution < 1.29 is 9.53 Å². The molecule has 0 N–H and O–H groups in total. The number of carbonyl (C=O) groups is 1. The van der Waals surface area contributed by atoms with Crippen molar-refractivity contribution in [2.24, 2.45) is 0 Å². The molecule has 0 fully saturated rings. The molecule has 0 unspecified atom stereocenters. The van der Waals surface area contributed by atoms with Crippen molar-refractivity contribution in [3.8, 4) is 17.0 Å². The van der Waals surface area contributed by atoms with Crippen LogP contribution in [0, 0.1) is 6.92 Å². The van der Waals surface area contributed by atoms with Crippen molar-refractivity contribution >= 4 is 5.91 Å². The van der Waals surface area contributed by atoms with Gasteiger partial charge in [-0.2, -0.15) is 0 Å². The molecule has 3 rings (SSSR count). The zero-order chi connectivity index (χ0) is 18.5. The topological polar surface area (TPSA) is 60.2 Å². The van der Waals surface area contributed by atoms with Crippen LogP contribution in [-0.4, -0.2) is 46.0 Å². The van der Waals surface area contributed by atoms with Gasteiger partial charge in [-0.05, 0) is 31.2 Å². The molecule has 6 nitrogen and oxygen atoms in total. The molecule has 0 aliphatic carbocycles. The minimum Gasteiger partial charge on any atom is -0.494 e. The van der Waals surface area contributed by atoms with Gasteiger partial charge in [0.25, 0.3) is 5.91 Å². The van der Waals surface area contributed by atoms with E-state index in [2.05, 4.69) is 9.97 Å². The molecule has 1 amide bonds. The Labute approximate surface area is 153 Å². The molecule has 0 saturated carbocycles. The summed E-state index contributed by atoms with van der Waals surface area (Å²) < 4.78 is 7.38. The summed E-state index contributed by atoms with van der Waals surface area (Å²) in [5, 5.41) is 0. The first-order valence-corrected chi connectivity index (χ1v) is 8.43. The summed E-state index contributed by atoms with van der Waals surface area (Å²) >= 11 is 0. The van der Waals surface area contributed by atoms with Crippen LogP contribution in [0.25, 0.3) is 11.3 Å². The molecule has 0 radical (unpaired) electrons. The van der Waals surface area contributed by atoms with Crippen molar-refractivity contribution in [2.75, 3.05) is 20.7 Å². The first-order chi connectivity index (χ1) is 12.6. The predicted octanol–water partition coefficient (Wildman–Crippen LogP) is 3.03. The third-order valence-electron chi connectivity index (χ3n) is 4.34. The van der Waals surface area contributed by atoms with E-state index in [-0.39, 0.29) is 5.91 Å². The lowest BCUT2D eigenvalue weighted by Crippen LogP contribution is -2.30. The number of nitrogens with zero attached hydrogens (tertiary/aromatic N) is 4. The normalized spacial score (nSPS) is 10.6. The van der Waals surface area contributed by atoms with E-state index in [1.807, 2.05) is 61.1 Å². The molecule has 0 spiro atoms. The van der Waals surface area contributed by atoms with Crippen LogP contribution >= 0.6 is 0 Å². The van der Waals surface area contributed by atoms with Crippen LogP contribution in [0.1, 0.15) is 16.2 Å². The van der Waals surface area contributed by atoms with Gasteiger partial charge in [0.2, 0.25) is 0 Å². The molecule has 26 heavy (non-hydrogen) atoms. The number of ether oxygens (including phenoxy) is 1. The van der Waals surface area contributed by atoms with Crippen LogP contribution < -0.4 is 4.74 Å². The Hall–Kier alpha value is -3.15. The van der Waals surface area contributed by atoms with E-state index in [0.717, 1.165) is 23.6 Å². The highest BCUT2D eigenvalue weighted by molar-refractivity contribution is 5.94. The largest absolute Gasteiger partial charge is 0.494 e. The van der Waals surface area contributed by atoms with E-state index in [4.69, 9.17) is 4.74 Å². The van der Waals surface area contributed by atoms with Crippen LogP contribution in [0.3, 0.4) is 0 Å². The number of rotatable bonds is 6. The molecule has 0 aliphatic rings. The summed E-state index contributed by atoms with van der Waals surface area (Å²) in [5.74, 6) is 1.64. The third kappa shape index (κ3) is 3.74. The molecular formula is C20H22N4O2. The molecule has 0 bridgehead atoms. The van der Waals surface area contributed by atoms with Crippen molar-refractivity contribution in [2.45, 2.75) is 13.5 Å². The standard InChI is InChI=1S/C20H22N4O2/c1-15-21-11-12-24(15)14-13-23(2)20(25)17-8-6-16(7-9-17)19-18(26-3)5-4-10-22-19/h4-12H,13-14H2,1-3H3. The van der Waals surface area contributed by atoms with Gasteiger partial charge < -0.3 is 14.2 Å². The van der Waals surface area contributed by atoms with Gasteiger partial charge in [-0.15, -0.1) is 0 Å². The highest BCUT2D eigenvalue weighted by atomic mass is 16.5. The predicted molar refractivity (Wildman–Crippen MR) is 100 cm³/mol. The van der Waals surface area contributed by atoms with E-state index in [9.17, 15) is 4.79 Å². The Balaban J connectivity index is 1.69. The number of hydrogen-bond donors (Lipinski definition) is 0. The summed E-state index contributed by atoms with van der Waals surface area (Å²) in [4.78, 5) is 22.9. The fourth-order valence-corrected chi connectivity index (χ4v) is 2.76. The van der Waals surface area contributed by atoms with Crippen molar-refractivity contribution in [1.29, 1.82) is 0 Å². The SMILES string of the molecule is COc1cccnc1-c1ccc(C(=O)N(C)CCn2ccnc2C)cc1. The molecule has 0 atom stereocenters. The van der Waals surface area contributed by atoms with Crippen LogP contribution in [0.2, 0.25) is 0 Å². The Kier molecular flexibility index (Phi) is 5.31. The molecule has 3 aromatic rings. The molecule has 2 heterocycles. The van der Waals surface area contributed by atoms with Gasteiger partial charge >= 0.3 is 0 Å². The second-order valence-electron chi connectivity index (χ2n) is 6.03. The molecule has 6 heteroatoms. The average molecular weight is 350 g/mol. The van der Waals surface area contributed by atoms with Crippen LogP contribution in [0.5, 0.6) is 5.75 Å². The van der Waals surface area contributed by atoms with E-state index in [1.54, 1.807) is 24.4 Å². The Morgan fingerprint density at radius 1 is 1.15 bits per heavy atom. The number of aryl methyl sites for hydroxylation is 1. The Morgan fingerprint density at radius 3 is 2.58 bits per heavy atom. The zero-order valence-corrected chi connectivity index (χ0v) is 15.2. The van der Waals surface area contributed by atoms with Crippen LogP contribution in [0.15, 0.2) is 55.0 Å². The smallest absolute Gasteiger partial charge is 0.253 e. The molecule has 1 aromatic carbocycles. The van der Waals surface area contributed by atoms with Gasteiger partial charge in [0.1, 0.15) is 17.3 Å². The second-order valence-corrected chi connectivity index (χ2v) is 6.03. The molecule has 0 saturated heterocycles. The van der Waals surface area contributed by atoms with Crippen molar-refractivity contribution in [3.63, 3.8) is 0 Å². The summed E-state index contributed by atoms with van der Waals surface area (Å²) in [5.41, 5.74) is 2.32. The Morgan fingerprint density at radius 2 is 1.92 bits per heavy atom. The van der Waals surface area contributed by atoms with Crippen molar-refractivity contribution in [1.82, 2.24) is 19.4 Å².